The number of ether oxygens (including phenoxy) is 1. The van der Waals surface area contributed by atoms with Gasteiger partial charge in [-0.1, -0.05) is 37.3 Å². The monoisotopic (exact) mass is 436 g/mol. The third-order valence-electron chi connectivity index (χ3n) is 5.51. The first-order chi connectivity index (χ1) is 15.1. The summed E-state index contributed by atoms with van der Waals surface area (Å²) in [6, 6.07) is 17.6. The first-order valence-corrected chi connectivity index (χ1v) is 11.7. The van der Waals surface area contributed by atoms with E-state index in [-0.39, 0.29) is 6.03 Å². The molecule has 1 N–H and O–H groups in total. The Morgan fingerprint density at radius 2 is 1.81 bits per heavy atom. The van der Waals surface area contributed by atoms with Crippen molar-refractivity contribution >= 4 is 34.2 Å². The topological polar surface area (TPSA) is 66.3 Å². The second-order valence-electron chi connectivity index (χ2n) is 7.72. The molecular formula is C24H28N4O2S. The molecule has 162 valence electrons. The lowest BCUT2D eigenvalue weighted by Crippen LogP contribution is -2.46. The molecule has 0 saturated carbocycles. The van der Waals surface area contributed by atoms with E-state index in [1.807, 2.05) is 47.4 Å². The second-order valence-corrected chi connectivity index (χ2v) is 8.80. The number of amides is 2. The summed E-state index contributed by atoms with van der Waals surface area (Å²) >= 11 is 1.78. The van der Waals surface area contributed by atoms with Crippen LogP contribution in [0.3, 0.4) is 0 Å². The molecule has 2 aliphatic rings. The van der Waals surface area contributed by atoms with Crippen LogP contribution in [0.25, 0.3) is 0 Å². The maximum Gasteiger partial charge on any atom is 0.321 e. The molecule has 1 spiro atoms. The summed E-state index contributed by atoms with van der Waals surface area (Å²) < 4.78 is 5.17. The molecular weight excluding hydrogens is 408 g/mol. The molecule has 1 fully saturated rings. The molecule has 2 aliphatic heterocycles. The lowest BCUT2D eigenvalue weighted by Gasteiger charge is -2.35. The predicted octanol–water partition coefficient (Wildman–Crippen LogP) is 5.06. The van der Waals surface area contributed by atoms with Crippen molar-refractivity contribution < 1.29 is 9.53 Å². The fourth-order valence-electron chi connectivity index (χ4n) is 3.77. The van der Waals surface area contributed by atoms with Crippen molar-refractivity contribution in [3.05, 3.63) is 60.2 Å². The molecule has 0 radical (unpaired) electrons. The van der Waals surface area contributed by atoms with Crippen LogP contribution in [0, 0.1) is 0 Å². The third-order valence-corrected chi connectivity index (χ3v) is 6.69. The van der Waals surface area contributed by atoms with Gasteiger partial charge in [0, 0.05) is 37.2 Å². The van der Waals surface area contributed by atoms with Crippen molar-refractivity contribution in [2.24, 2.45) is 9.98 Å². The van der Waals surface area contributed by atoms with Crippen LogP contribution in [0.2, 0.25) is 0 Å². The highest BCUT2D eigenvalue weighted by molar-refractivity contribution is 8.15. The summed E-state index contributed by atoms with van der Waals surface area (Å²) in [6.07, 6.45) is 2.56. The normalized spacial score (nSPS) is 17.3. The second kappa shape index (κ2) is 9.56. The third kappa shape index (κ3) is 4.93. The SMILES string of the molecule is CCCSC1=NC2(CCN(C(=O)Nc3ccc(OC)cc3)CC2)N=C1c1ccccc1. The molecule has 0 aliphatic carbocycles. The van der Waals surface area contributed by atoms with E-state index < -0.39 is 5.66 Å². The zero-order valence-corrected chi connectivity index (χ0v) is 18.8. The number of piperidine rings is 1. The van der Waals surface area contributed by atoms with Crippen LogP contribution < -0.4 is 10.1 Å². The van der Waals surface area contributed by atoms with E-state index in [0.29, 0.717) is 13.1 Å². The van der Waals surface area contributed by atoms with Crippen molar-refractivity contribution in [3.8, 4) is 5.75 Å². The average Bonchev–Trinajstić information content (AvgIpc) is 3.17. The number of nitrogens with one attached hydrogen (secondary N) is 1. The standard InChI is InChI=1S/C24H28N4O2S/c1-3-17-31-22-21(18-7-5-4-6-8-18)26-24(27-22)13-15-28(16-14-24)23(29)25-19-9-11-20(30-2)12-10-19/h4-12H,3,13-17H2,1-2H3,(H,25,29). The summed E-state index contributed by atoms with van der Waals surface area (Å²) in [5.74, 6) is 1.79. The van der Waals surface area contributed by atoms with Crippen LogP contribution >= 0.6 is 11.8 Å². The van der Waals surface area contributed by atoms with Crippen molar-refractivity contribution in [1.29, 1.82) is 0 Å². The quantitative estimate of drug-likeness (QED) is 0.712. The molecule has 0 unspecified atom stereocenters. The number of hydrogen-bond acceptors (Lipinski definition) is 5. The molecule has 2 aromatic carbocycles. The lowest BCUT2D eigenvalue weighted by molar-refractivity contribution is 0.175. The number of rotatable bonds is 5. The molecule has 0 aromatic heterocycles. The number of urea groups is 1. The first-order valence-electron chi connectivity index (χ1n) is 10.7. The molecule has 6 nitrogen and oxygen atoms in total. The number of anilines is 1. The summed E-state index contributed by atoms with van der Waals surface area (Å²) in [6.45, 7) is 3.43. The van der Waals surface area contributed by atoms with Crippen molar-refractivity contribution in [3.63, 3.8) is 0 Å². The number of carbonyl (C=O) groups excluding carboxylic acids is 1. The lowest BCUT2D eigenvalue weighted by atomic mass is 9.98. The fraction of sp³-hybridized carbons (Fsp3) is 0.375. The van der Waals surface area contributed by atoms with Crippen molar-refractivity contribution in [2.75, 3.05) is 31.3 Å². The van der Waals surface area contributed by atoms with Gasteiger partial charge in [-0.15, -0.1) is 11.8 Å². The van der Waals surface area contributed by atoms with E-state index in [2.05, 4.69) is 24.4 Å². The maximum atomic E-state index is 12.7. The number of methoxy groups -OCH3 is 1. The number of likely N-dealkylation sites (tertiary alicyclic amines) is 1. The first kappa shape index (κ1) is 21.4. The number of aliphatic imine (C=N–C) groups is 2. The van der Waals surface area contributed by atoms with E-state index in [1.165, 1.54) is 0 Å². The van der Waals surface area contributed by atoms with Crippen LogP contribution in [0.5, 0.6) is 5.75 Å². The Kier molecular flexibility index (Phi) is 6.61. The van der Waals surface area contributed by atoms with E-state index >= 15 is 0 Å². The minimum atomic E-state index is -0.446. The zero-order valence-electron chi connectivity index (χ0n) is 18.0. The minimum absolute atomic E-state index is 0.0881. The summed E-state index contributed by atoms with van der Waals surface area (Å²) in [7, 11) is 1.63. The molecule has 2 aromatic rings. The Morgan fingerprint density at radius 1 is 1.10 bits per heavy atom. The highest BCUT2D eigenvalue weighted by Gasteiger charge is 2.40. The fourth-order valence-corrected chi connectivity index (χ4v) is 4.71. The van der Waals surface area contributed by atoms with Gasteiger partial charge < -0.3 is 15.0 Å². The average molecular weight is 437 g/mol. The summed E-state index contributed by atoms with van der Waals surface area (Å²) in [5.41, 5.74) is 2.42. The van der Waals surface area contributed by atoms with Gasteiger partial charge in [-0.25, -0.2) is 9.79 Å². The zero-order chi connectivity index (χ0) is 21.7. The van der Waals surface area contributed by atoms with Crippen LogP contribution in [-0.4, -0.2) is 53.3 Å². The van der Waals surface area contributed by atoms with Crippen LogP contribution in [0.1, 0.15) is 31.7 Å². The summed E-state index contributed by atoms with van der Waals surface area (Å²) in [4.78, 5) is 24.7. The van der Waals surface area contributed by atoms with Crippen LogP contribution in [-0.2, 0) is 0 Å². The molecule has 7 heteroatoms. The summed E-state index contributed by atoms with van der Waals surface area (Å²) in [5, 5.41) is 4.00. The van der Waals surface area contributed by atoms with Gasteiger partial charge >= 0.3 is 6.03 Å². The number of thioether (sulfide) groups is 1. The maximum absolute atomic E-state index is 12.7. The largest absolute Gasteiger partial charge is 0.497 e. The Hall–Kier alpha value is -2.80. The number of benzene rings is 2. The highest BCUT2D eigenvalue weighted by Crippen LogP contribution is 2.36. The number of carbonyl (C=O) groups is 1. The van der Waals surface area contributed by atoms with Crippen molar-refractivity contribution in [2.45, 2.75) is 31.8 Å². The van der Waals surface area contributed by atoms with Gasteiger partial charge in [0.25, 0.3) is 0 Å². The number of nitrogens with zero attached hydrogens (tertiary/aromatic N) is 3. The Bertz CT molecular complexity index is 965. The predicted molar refractivity (Wildman–Crippen MR) is 129 cm³/mol. The van der Waals surface area contributed by atoms with Gasteiger partial charge in [-0.3, -0.25) is 4.99 Å². The molecule has 2 heterocycles. The minimum Gasteiger partial charge on any atom is -0.497 e. The molecule has 0 bridgehead atoms. The van der Waals surface area contributed by atoms with Crippen molar-refractivity contribution in [1.82, 2.24) is 4.90 Å². The Morgan fingerprint density at radius 3 is 2.45 bits per heavy atom. The molecule has 1 saturated heterocycles. The molecule has 0 atom stereocenters. The van der Waals surface area contributed by atoms with E-state index in [9.17, 15) is 4.79 Å². The molecule has 31 heavy (non-hydrogen) atoms. The van der Waals surface area contributed by atoms with Gasteiger partial charge in [0.2, 0.25) is 0 Å². The Labute approximate surface area is 187 Å². The molecule has 4 rings (SSSR count). The van der Waals surface area contributed by atoms with Gasteiger partial charge in [-0.2, -0.15) is 0 Å². The highest BCUT2D eigenvalue weighted by atomic mass is 32.2. The van der Waals surface area contributed by atoms with Crippen LogP contribution in [0.4, 0.5) is 10.5 Å². The van der Waals surface area contributed by atoms with E-state index in [0.717, 1.165) is 52.8 Å². The van der Waals surface area contributed by atoms with E-state index in [1.54, 1.807) is 18.9 Å². The smallest absolute Gasteiger partial charge is 0.321 e. The van der Waals surface area contributed by atoms with E-state index in [4.69, 9.17) is 14.7 Å². The van der Waals surface area contributed by atoms with Gasteiger partial charge in [0.15, 0.2) is 5.66 Å². The molecule has 2 amide bonds. The van der Waals surface area contributed by atoms with Gasteiger partial charge in [0.05, 0.1) is 12.8 Å². The van der Waals surface area contributed by atoms with Gasteiger partial charge in [0.1, 0.15) is 10.8 Å². The number of hydrogen-bond donors (Lipinski definition) is 1. The van der Waals surface area contributed by atoms with Gasteiger partial charge in [-0.05, 0) is 36.4 Å². The van der Waals surface area contributed by atoms with Crippen LogP contribution in [0.15, 0.2) is 64.6 Å². The Balaban J connectivity index is 1.44.